The van der Waals surface area contributed by atoms with Crippen molar-refractivity contribution in [3.8, 4) is 23.1 Å². The average molecular weight is 428 g/mol. The van der Waals surface area contributed by atoms with Crippen LogP contribution in [0.4, 0.5) is 0 Å². The topological polar surface area (TPSA) is 79.4 Å². The lowest BCUT2D eigenvalue weighted by Gasteiger charge is -2.25. The molecule has 158 valence electrons. The van der Waals surface area contributed by atoms with E-state index in [9.17, 15) is 4.79 Å². The van der Waals surface area contributed by atoms with Gasteiger partial charge in [0.1, 0.15) is 0 Å². The van der Waals surface area contributed by atoms with E-state index in [0.29, 0.717) is 28.9 Å². The lowest BCUT2D eigenvalue weighted by atomic mass is 9.95. The normalized spacial score (nSPS) is 14.6. The summed E-state index contributed by atoms with van der Waals surface area (Å²) in [7, 11) is 3.13. The van der Waals surface area contributed by atoms with Crippen molar-refractivity contribution in [2.45, 2.75) is 43.3 Å². The molecule has 1 fully saturated rings. The zero-order valence-electron chi connectivity index (χ0n) is 17.2. The highest BCUT2D eigenvalue weighted by Gasteiger charge is 2.25. The lowest BCUT2D eigenvalue weighted by Crippen LogP contribution is -2.15. The smallest absolute Gasteiger partial charge is 0.200 e. The van der Waals surface area contributed by atoms with Crippen LogP contribution < -0.4 is 9.47 Å². The number of benzene rings is 1. The van der Waals surface area contributed by atoms with Gasteiger partial charge in [-0.2, -0.15) is 0 Å². The Bertz CT molecular complexity index is 994. The number of aromatic nitrogens is 3. The second-order valence-electron chi connectivity index (χ2n) is 7.23. The van der Waals surface area contributed by atoms with Crippen LogP contribution in [-0.2, 0) is 0 Å². The number of ketones is 1. The highest BCUT2D eigenvalue weighted by atomic mass is 32.2. The van der Waals surface area contributed by atoms with Crippen molar-refractivity contribution in [2.75, 3.05) is 20.0 Å². The minimum Gasteiger partial charge on any atom is -0.493 e. The monoisotopic (exact) mass is 427 g/mol. The molecule has 0 aliphatic heterocycles. The van der Waals surface area contributed by atoms with E-state index in [1.165, 1.54) is 31.0 Å². The van der Waals surface area contributed by atoms with Crippen molar-refractivity contribution < 1.29 is 18.7 Å². The molecule has 7 nitrogen and oxygen atoms in total. The molecule has 2 aromatic heterocycles. The molecule has 1 aliphatic carbocycles. The van der Waals surface area contributed by atoms with Gasteiger partial charge in [0.2, 0.25) is 5.82 Å². The second kappa shape index (κ2) is 9.38. The third kappa shape index (κ3) is 4.23. The minimum absolute atomic E-state index is 0.00121. The summed E-state index contributed by atoms with van der Waals surface area (Å²) >= 11 is 1.41. The van der Waals surface area contributed by atoms with E-state index >= 15 is 0 Å². The number of rotatable bonds is 8. The van der Waals surface area contributed by atoms with Gasteiger partial charge in [0, 0.05) is 11.6 Å². The fourth-order valence-electron chi connectivity index (χ4n) is 3.84. The molecule has 0 radical (unpaired) electrons. The maximum absolute atomic E-state index is 12.8. The van der Waals surface area contributed by atoms with Crippen LogP contribution in [0.2, 0.25) is 0 Å². The van der Waals surface area contributed by atoms with Crippen LogP contribution in [0.25, 0.3) is 11.6 Å². The van der Waals surface area contributed by atoms with Crippen LogP contribution in [0.3, 0.4) is 0 Å². The molecule has 30 heavy (non-hydrogen) atoms. The van der Waals surface area contributed by atoms with E-state index in [-0.39, 0.29) is 11.5 Å². The molecule has 0 N–H and O–H groups in total. The fraction of sp³-hybridized carbons (Fsp3) is 0.409. The van der Waals surface area contributed by atoms with E-state index in [0.717, 1.165) is 23.8 Å². The lowest BCUT2D eigenvalue weighted by molar-refractivity contribution is 0.102. The van der Waals surface area contributed by atoms with E-state index in [1.54, 1.807) is 38.7 Å². The third-order valence-electron chi connectivity index (χ3n) is 5.38. The number of hydrogen-bond acceptors (Lipinski definition) is 7. The van der Waals surface area contributed by atoms with E-state index in [1.807, 2.05) is 12.1 Å². The standard InChI is InChI=1S/C22H25N3O4S/c1-27-18-11-10-15(13-20(18)28-2)17(26)14-30-22-24-23-21(19-9-6-12-29-19)25(22)16-7-4-3-5-8-16/h6,9-13,16H,3-5,7-8,14H2,1-2H3. The van der Waals surface area contributed by atoms with Crippen molar-refractivity contribution in [2.24, 2.45) is 0 Å². The van der Waals surface area contributed by atoms with Gasteiger partial charge >= 0.3 is 0 Å². The summed E-state index contributed by atoms with van der Waals surface area (Å²) in [4.78, 5) is 12.8. The molecule has 1 aliphatic rings. The summed E-state index contributed by atoms with van der Waals surface area (Å²) in [6.45, 7) is 0. The van der Waals surface area contributed by atoms with E-state index in [2.05, 4.69) is 14.8 Å². The summed E-state index contributed by atoms with van der Waals surface area (Å²) in [5.74, 6) is 2.83. The maximum Gasteiger partial charge on any atom is 0.200 e. The highest BCUT2D eigenvalue weighted by Crippen LogP contribution is 2.36. The first-order chi connectivity index (χ1) is 14.7. The number of carbonyl (C=O) groups is 1. The zero-order valence-corrected chi connectivity index (χ0v) is 18.0. The molecule has 0 amide bonds. The number of ether oxygens (including phenoxy) is 2. The average Bonchev–Trinajstić information content (AvgIpc) is 3.47. The van der Waals surface area contributed by atoms with Crippen molar-refractivity contribution in [3.05, 3.63) is 42.2 Å². The minimum atomic E-state index is -0.00121. The molecule has 1 aromatic carbocycles. The van der Waals surface area contributed by atoms with E-state index in [4.69, 9.17) is 13.9 Å². The van der Waals surface area contributed by atoms with Crippen LogP contribution in [0, 0.1) is 0 Å². The molecule has 0 atom stereocenters. The first kappa shape index (κ1) is 20.5. The Hall–Kier alpha value is -2.74. The predicted octanol–water partition coefficient (Wildman–Crippen LogP) is 5.04. The first-order valence-electron chi connectivity index (χ1n) is 10.1. The molecule has 3 aromatic rings. The third-order valence-corrected chi connectivity index (χ3v) is 6.33. The molecule has 0 unspecified atom stereocenters. The predicted molar refractivity (Wildman–Crippen MR) is 114 cm³/mol. The number of nitrogens with zero attached hydrogens (tertiary/aromatic N) is 3. The molecule has 2 heterocycles. The molecule has 8 heteroatoms. The quantitative estimate of drug-likeness (QED) is 0.368. The van der Waals surface area contributed by atoms with Gasteiger partial charge in [-0.15, -0.1) is 10.2 Å². The summed E-state index contributed by atoms with van der Waals surface area (Å²) in [6.07, 6.45) is 7.45. The maximum atomic E-state index is 12.8. The van der Waals surface area contributed by atoms with Gasteiger partial charge < -0.3 is 13.9 Å². The summed E-state index contributed by atoms with van der Waals surface area (Å²) in [5.41, 5.74) is 0.579. The molecule has 0 bridgehead atoms. The Morgan fingerprint density at radius 1 is 1.13 bits per heavy atom. The largest absolute Gasteiger partial charge is 0.493 e. The molecule has 0 saturated heterocycles. The summed E-state index contributed by atoms with van der Waals surface area (Å²) < 4.78 is 18.3. The van der Waals surface area contributed by atoms with Gasteiger partial charge in [-0.3, -0.25) is 9.36 Å². The Morgan fingerprint density at radius 3 is 2.63 bits per heavy atom. The first-order valence-corrected chi connectivity index (χ1v) is 11.1. The SMILES string of the molecule is COc1ccc(C(=O)CSc2nnc(-c3ccco3)n2C2CCCCC2)cc1OC. The van der Waals surface area contributed by atoms with Gasteiger partial charge in [0.05, 0.1) is 26.2 Å². The van der Waals surface area contributed by atoms with Crippen LogP contribution in [-0.4, -0.2) is 40.5 Å². The number of hydrogen-bond donors (Lipinski definition) is 0. The van der Waals surface area contributed by atoms with Gasteiger partial charge in [-0.1, -0.05) is 31.0 Å². The molecular weight excluding hydrogens is 402 g/mol. The zero-order chi connectivity index (χ0) is 20.9. The van der Waals surface area contributed by atoms with Crippen LogP contribution >= 0.6 is 11.8 Å². The molecular formula is C22H25N3O4S. The Kier molecular flexibility index (Phi) is 6.42. The molecule has 0 spiro atoms. The summed E-state index contributed by atoms with van der Waals surface area (Å²) in [5, 5.41) is 9.53. The van der Waals surface area contributed by atoms with Gasteiger partial charge in [0.25, 0.3) is 0 Å². The summed E-state index contributed by atoms with van der Waals surface area (Å²) in [6, 6.07) is 9.28. The number of methoxy groups -OCH3 is 2. The Morgan fingerprint density at radius 2 is 1.93 bits per heavy atom. The second-order valence-corrected chi connectivity index (χ2v) is 8.17. The Labute approximate surface area is 179 Å². The van der Waals surface area contributed by atoms with Crippen molar-refractivity contribution in [1.29, 1.82) is 0 Å². The number of thioether (sulfide) groups is 1. The highest BCUT2D eigenvalue weighted by molar-refractivity contribution is 7.99. The number of carbonyl (C=O) groups excluding carboxylic acids is 1. The Balaban J connectivity index is 1.55. The van der Waals surface area contributed by atoms with Crippen molar-refractivity contribution in [1.82, 2.24) is 14.8 Å². The molecule has 4 rings (SSSR count). The number of Topliss-reactive ketones (excluding diaryl/α,β-unsaturated/α-hetero) is 1. The van der Waals surface area contributed by atoms with Crippen LogP contribution in [0.15, 0.2) is 46.2 Å². The van der Waals surface area contributed by atoms with Crippen LogP contribution in [0.1, 0.15) is 48.5 Å². The van der Waals surface area contributed by atoms with Gasteiger partial charge in [-0.05, 0) is 43.2 Å². The van der Waals surface area contributed by atoms with E-state index < -0.39 is 0 Å². The molecule has 1 saturated carbocycles. The van der Waals surface area contributed by atoms with Gasteiger partial charge in [-0.25, -0.2) is 0 Å². The van der Waals surface area contributed by atoms with Crippen LogP contribution in [0.5, 0.6) is 11.5 Å². The van der Waals surface area contributed by atoms with Crippen molar-refractivity contribution in [3.63, 3.8) is 0 Å². The van der Waals surface area contributed by atoms with Crippen molar-refractivity contribution >= 4 is 17.5 Å². The van der Waals surface area contributed by atoms with Gasteiger partial charge in [0.15, 0.2) is 28.2 Å². The fourth-order valence-corrected chi connectivity index (χ4v) is 4.74. The number of furan rings is 1.